The van der Waals surface area contributed by atoms with Gasteiger partial charge in [0.1, 0.15) is 5.65 Å². The summed E-state index contributed by atoms with van der Waals surface area (Å²) >= 11 is 0. The van der Waals surface area contributed by atoms with Gasteiger partial charge < -0.3 is 9.72 Å². The number of hydrogen-bond donors (Lipinski definition) is 1. The first-order valence-electron chi connectivity index (χ1n) is 6.91. The van der Waals surface area contributed by atoms with Gasteiger partial charge in [0.15, 0.2) is 0 Å². The number of aryl methyl sites for hydroxylation is 2. The third-order valence-electron chi connectivity index (χ3n) is 3.43. The zero-order valence-corrected chi connectivity index (χ0v) is 12.1. The van der Waals surface area contributed by atoms with Crippen LogP contribution in [-0.2, 0) is 11.2 Å². The average Bonchev–Trinajstić information content (AvgIpc) is 2.82. The van der Waals surface area contributed by atoms with Gasteiger partial charge in [0.2, 0.25) is 5.91 Å². The van der Waals surface area contributed by atoms with Crippen LogP contribution in [0, 0.1) is 13.8 Å². The van der Waals surface area contributed by atoms with Crippen molar-refractivity contribution in [1.82, 2.24) is 9.38 Å². The van der Waals surface area contributed by atoms with Gasteiger partial charge in [-0.3, -0.25) is 4.79 Å². The van der Waals surface area contributed by atoms with Crippen LogP contribution in [-0.4, -0.2) is 15.3 Å². The quantitative estimate of drug-likeness (QED) is 0.800. The number of hydrogen-bond acceptors (Lipinski definition) is 2. The maximum atomic E-state index is 12.1. The van der Waals surface area contributed by atoms with Crippen LogP contribution in [0.4, 0.5) is 5.69 Å². The van der Waals surface area contributed by atoms with Gasteiger partial charge in [-0.2, -0.15) is 0 Å². The van der Waals surface area contributed by atoms with E-state index in [2.05, 4.69) is 10.3 Å². The maximum absolute atomic E-state index is 12.1. The van der Waals surface area contributed by atoms with Crippen molar-refractivity contribution in [3.8, 4) is 0 Å². The van der Waals surface area contributed by atoms with E-state index >= 15 is 0 Å². The third-order valence-corrected chi connectivity index (χ3v) is 3.43. The molecule has 0 radical (unpaired) electrons. The van der Waals surface area contributed by atoms with Crippen molar-refractivity contribution < 1.29 is 4.79 Å². The number of pyridine rings is 1. The minimum absolute atomic E-state index is 0.0515. The second kappa shape index (κ2) is 5.40. The highest BCUT2D eigenvalue weighted by atomic mass is 16.1. The molecule has 0 aliphatic carbocycles. The van der Waals surface area contributed by atoms with E-state index in [0.717, 1.165) is 28.2 Å². The fourth-order valence-corrected chi connectivity index (χ4v) is 2.29. The number of amides is 1. The number of carbonyl (C=O) groups excluding carboxylic acids is 1. The Hall–Kier alpha value is -2.62. The number of para-hydroxylation sites is 1. The van der Waals surface area contributed by atoms with Crippen LogP contribution in [0.2, 0.25) is 0 Å². The Morgan fingerprint density at radius 2 is 2.05 bits per heavy atom. The Bertz CT molecular complexity index is 805. The van der Waals surface area contributed by atoms with Crippen molar-refractivity contribution in [2.24, 2.45) is 0 Å². The molecule has 0 bridgehead atoms. The monoisotopic (exact) mass is 279 g/mol. The Labute approximate surface area is 123 Å². The van der Waals surface area contributed by atoms with Gasteiger partial charge in [-0.05, 0) is 43.2 Å². The maximum Gasteiger partial charge on any atom is 0.230 e. The molecule has 4 heteroatoms. The first-order valence-corrected chi connectivity index (χ1v) is 6.91. The van der Waals surface area contributed by atoms with E-state index in [1.165, 1.54) is 0 Å². The van der Waals surface area contributed by atoms with Crippen molar-refractivity contribution in [1.29, 1.82) is 0 Å². The molecule has 0 unspecified atom stereocenters. The fraction of sp³-hybridized carbons (Fsp3) is 0.176. The van der Waals surface area contributed by atoms with Crippen LogP contribution < -0.4 is 5.32 Å². The smallest absolute Gasteiger partial charge is 0.230 e. The Balaban J connectivity index is 1.75. The molecule has 1 amide bonds. The molecule has 0 aliphatic heterocycles. The molecule has 0 saturated heterocycles. The Kier molecular flexibility index (Phi) is 3.44. The normalized spacial score (nSPS) is 10.8. The van der Waals surface area contributed by atoms with E-state index in [0.29, 0.717) is 0 Å². The number of anilines is 1. The van der Waals surface area contributed by atoms with Gasteiger partial charge in [0.05, 0.1) is 12.1 Å². The topological polar surface area (TPSA) is 46.4 Å². The predicted molar refractivity (Wildman–Crippen MR) is 83.4 cm³/mol. The van der Waals surface area contributed by atoms with Crippen molar-refractivity contribution in [3.05, 3.63) is 65.6 Å². The first kappa shape index (κ1) is 13.4. The molecule has 4 nitrogen and oxygen atoms in total. The molecule has 2 aromatic heterocycles. The molecule has 0 saturated carbocycles. The van der Waals surface area contributed by atoms with Gasteiger partial charge in [0.25, 0.3) is 0 Å². The summed E-state index contributed by atoms with van der Waals surface area (Å²) < 4.78 is 1.93. The molecule has 2 heterocycles. The Morgan fingerprint density at radius 3 is 2.86 bits per heavy atom. The largest absolute Gasteiger partial charge is 0.326 e. The third kappa shape index (κ3) is 2.94. The summed E-state index contributed by atoms with van der Waals surface area (Å²) in [5.41, 5.74) is 4.70. The molecule has 0 atom stereocenters. The van der Waals surface area contributed by atoms with Gasteiger partial charge in [-0.25, -0.2) is 4.98 Å². The minimum Gasteiger partial charge on any atom is -0.326 e. The molecule has 0 fully saturated rings. The molecule has 21 heavy (non-hydrogen) atoms. The highest BCUT2D eigenvalue weighted by Crippen LogP contribution is 2.14. The summed E-state index contributed by atoms with van der Waals surface area (Å²) in [5.74, 6) is -0.0515. The lowest BCUT2D eigenvalue weighted by atomic mass is 10.2. The average molecular weight is 279 g/mol. The number of benzene rings is 1. The number of imidazole rings is 1. The second-order valence-electron chi connectivity index (χ2n) is 5.24. The number of carbonyl (C=O) groups is 1. The molecular weight excluding hydrogens is 262 g/mol. The number of fused-ring (bicyclic) bond motifs is 1. The van der Waals surface area contributed by atoms with Gasteiger partial charge in [-0.15, -0.1) is 0 Å². The summed E-state index contributed by atoms with van der Waals surface area (Å²) in [4.78, 5) is 16.6. The van der Waals surface area contributed by atoms with Crippen molar-refractivity contribution >= 4 is 17.2 Å². The highest BCUT2D eigenvalue weighted by molar-refractivity contribution is 5.92. The van der Waals surface area contributed by atoms with Crippen LogP contribution in [0.15, 0.2) is 48.8 Å². The lowest BCUT2D eigenvalue weighted by Gasteiger charge is -2.06. The molecule has 1 aromatic carbocycles. The number of nitrogens with one attached hydrogen (secondary N) is 1. The highest BCUT2D eigenvalue weighted by Gasteiger charge is 2.09. The molecule has 1 N–H and O–H groups in total. The van der Waals surface area contributed by atoms with E-state index in [9.17, 15) is 4.79 Å². The number of aromatic nitrogens is 2. The zero-order chi connectivity index (χ0) is 14.8. The standard InChI is InChI=1S/C17H17N3O/c1-12-7-8-20-11-14(18-16(20)9-12)10-17(21)19-15-6-4-3-5-13(15)2/h3-9,11H,10H2,1-2H3,(H,19,21). The van der Waals surface area contributed by atoms with Crippen LogP contribution in [0.1, 0.15) is 16.8 Å². The van der Waals surface area contributed by atoms with E-state index in [1.807, 2.05) is 67.0 Å². The van der Waals surface area contributed by atoms with Crippen LogP contribution in [0.5, 0.6) is 0 Å². The minimum atomic E-state index is -0.0515. The van der Waals surface area contributed by atoms with Gasteiger partial charge in [0, 0.05) is 18.1 Å². The first-order chi connectivity index (χ1) is 10.1. The number of rotatable bonds is 3. The number of nitrogens with zero attached hydrogens (tertiary/aromatic N) is 2. The second-order valence-corrected chi connectivity index (χ2v) is 5.24. The van der Waals surface area contributed by atoms with E-state index in [-0.39, 0.29) is 12.3 Å². The van der Waals surface area contributed by atoms with Crippen molar-refractivity contribution in [2.75, 3.05) is 5.32 Å². The molecule has 0 spiro atoms. The molecular formula is C17H17N3O. The Morgan fingerprint density at radius 1 is 1.24 bits per heavy atom. The summed E-state index contributed by atoms with van der Waals surface area (Å²) in [6.45, 7) is 4.00. The fourth-order valence-electron chi connectivity index (χ4n) is 2.29. The molecule has 0 aliphatic rings. The van der Waals surface area contributed by atoms with Crippen LogP contribution >= 0.6 is 0 Å². The summed E-state index contributed by atoms with van der Waals surface area (Å²) in [6.07, 6.45) is 4.13. The molecule has 3 rings (SSSR count). The SMILES string of the molecule is Cc1ccn2cc(CC(=O)Nc3ccccc3C)nc2c1. The van der Waals surface area contributed by atoms with Crippen molar-refractivity contribution in [3.63, 3.8) is 0 Å². The lowest BCUT2D eigenvalue weighted by molar-refractivity contribution is -0.115. The predicted octanol–water partition coefficient (Wildman–Crippen LogP) is 3.13. The summed E-state index contributed by atoms with van der Waals surface area (Å²) in [7, 11) is 0. The summed E-state index contributed by atoms with van der Waals surface area (Å²) in [5, 5.41) is 2.93. The molecule has 106 valence electrons. The van der Waals surface area contributed by atoms with Gasteiger partial charge in [-0.1, -0.05) is 18.2 Å². The van der Waals surface area contributed by atoms with Crippen LogP contribution in [0.3, 0.4) is 0 Å². The lowest BCUT2D eigenvalue weighted by Crippen LogP contribution is -2.15. The van der Waals surface area contributed by atoms with Crippen LogP contribution in [0.25, 0.3) is 5.65 Å². The van der Waals surface area contributed by atoms with E-state index < -0.39 is 0 Å². The van der Waals surface area contributed by atoms with Crippen molar-refractivity contribution in [2.45, 2.75) is 20.3 Å². The van der Waals surface area contributed by atoms with Gasteiger partial charge >= 0.3 is 0 Å². The molecule has 3 aromatic rings. The summed E-state index contributed by atoms with van der Waals surface area (Å²) in [6, 6.07) is 11.8. The van der Waals surface area contributed by atoms with E-state index in [1.54, 1.807) is 0 Å². The zero-order valence-electron chi connectivity index (χ0n) is 12.1. The van der Waals surface area contributed by atoms with E-state index in [4.69, 9.17) is 0 Å².